The van der Waals surface area contributed by atoms with Crippen LogP contribution < -0.4 is 40.7 Å². The van der Waals surface area contributed by atoms with Crippen LogP contribution >= 0.6 is 0 Å². The summed E-state index contributed by atoms with van der Waals surface area (Å²) in [6.07, 6.45) is 7.48. The van der Waals surface area contributed by atoms with Crippen molar-refractivity contribution in [2.75, 3.05) is 46.3 Å². The Morgan fingerprint density at radius 3 is 1.24 bits per heavy atom. The second-order valence-electron chi connectivity index (χ2n) is 9.48. The van der Waals surface area contributed by atoms with Gasteiger partial charge >= 0.3 is 164 Å². The summed E-state index contributed by atoms with van der Waals surface area (Å²) in [5.74, 6) is 0. The third-order valence-corrected chi connectivity index (χ3v) is 8.73. The molecule has 0 aliphatic carbocycles. The molecule has 2 aromatic rings. The molecule has 208 valence electrons. The standard InChI is InChI=1S/2C11H16N.2C4H8O.2BrH.Ti/c2*1-4-8-12-11-7-5-6-9(2)10(11)3;2*1-2-4-5-3-1;;;/h2*5-7H,4,8H2,1-3H3;2*1-4H2;2*1H;/q2*-1;;;;;+4/p-2. The zero-order chi connectivity index (χ0) is 25.5. The van der Waals surface area contributed by atoms with E-state index < -0.39 is 19.7 Å². The SMILES string of the molecule is C1CCOC1.C1CCOC1.CCC[N]([Ti+2][N](CCC)c1cccc(C)c1C)c1cccc(C)c1C.[Br-].[Br-]. The first-order valence-electron chi connectivity index (χ1n) is 13.6. The van der Waals surface area contributed by atoms with E-state index in [0.29, 0.717) is 0 Å². The van der Waals surface area contributed by atoms with Gasteiger partial charge in [0.1, 0.15) is 0 Å². The van der Waals surface area contributed by atoms with E-state index in [9.17, 15) is 0 Å². The van der Waals surface area contributed by atoms with Crippen molar-refractivity contribution < 1.29 is 63.1 Å². The summed E-state index contributed by atoms with van der Waals surface area (Å²) >= 11 is -0.435. The molecule has 0 atom stereocenters. The number of hydrogen-bond acceptors (Lipinski definition) is 4. The van der Waals surface area contributed by atoms with Gasteiger partial charge < -0.3 is 43.4 Å². The maximum atomic E-state index is 4.94. The van der Waals surface area contributed by atoms with Gasteiger partial charge in [-0.3, -0.25) is 0 Å². The summed E-state index contributed by atoms with van der Waals surface area (Å²) in [5.41, 5.74) is 8.48. The molecule has 2 heterocycles. The summed E-state index contributed by atoms with van der Waals surface area (Å²) in [5, 5.41) is 0. The Morgan fingerprint density at radius 1 is 0.622 bits per heavy atom. The van der Waals surface area contributed by atoms with Crippen LogP contribution in [0.25, 0.3) is 0 Å². The maximum Gasteiger partial charge on any atom is -1.00 e. The zero-order valence-corrected chi connectivity index (χ0v) is 28.6. The van der Waals surface area contributed by atoms with Crippen molar-refractivity contribution in [1.29, 1.82) is 0 Å². The van der Waals surface area contributed by atoms with Gasteiger partial charge in [0.25, 0.3) is 0 Å². The van der Waals surface area contributed by atoms with Gasteiger partial charge in [-0.2, -0.15) is 0 Å². The van der Waals surface area contributed by atoms with Crippen LogP contribution in [0, 0.1) is 27.7 Å². The van der Waals surface area contributed by atoms with Gasteiger partial charge in [-0.1, -0.05) is 0 Å². The van der Waals surface area contributed by atoms with E-state index in [1.807, 2.05) is 0 Å². The van der Waals surface area contributed by atoms with Gasteiger partial charge in [0, 0.05) is 26.4 Å². The van der Waals surface area contributed by atoms with Crippen molar-refractivity contribution in [1.82, 2.24) is 0 Å². The van der Waals surface area contributed by atoms with Crippen LogP contribution in [0.1, 0.15) is 74.6 Å². The largest absolute Gasteiger partial charge is 1.00 e. The second kappa shape index (κ2) is 21.5. The first-order chi connectivity index (χ1) is 17.0. The molecule has 4 rings (SSSR count). The summed E-state index contributed by atoms with van der Waals surface area (Å²) < 4.78 is 15.2. The average molecular weight is 676 g/mol. The minimum absolute atomic E-state index is 0. The van der Waals surface area contributed by atoms with Crippen LogP contribution in [0.15, 0.2) is 36.4 Å². The predicted molar refractivity (Wildman–Crippen MR) is 147 cm³/mol. The Balaban J connectivity index is 0.000000892. The molecule has 2 aromatic carbocycles. The molecule has 2 saturated heterocycles. The average Bonchev–Trinajstić information content (AvgIpc) is 3.62. The Morgan fingerprint density at radius 2 is 0.973 bits per heavy atom. The number of anilines is 2. The van der Waals surface area contributed by atoms with E-state index >= 15 is 0 Å². The summed E-state index contributed by atoms with van der Waals surface area (Å²) in [4.78, 5) is 0. The molecule has 2 aliphatic rings. The third kappa shape index (κ3) is 13.0. The Kier molecular flexibility index (Phi) is 21.2. The zero-order valence-electron chi connectivity index (χ0n) is 23.9. The quantitative estimate of drug-likeness (QED) is 0.397. The molecule has 0 bridgehead atoms. The van der Waals surface area contributed by atoms with Gasteiger partial charge in [0.15, 0.2) is 0 Å². The molecule has 0 spiro atoms. The van der Waals surface area contributed by atoms with Crippen molar-refractivity contribution in [2.24, 2.45) is 0 Å². The fourth-order valence-corrected chi connectivity index (χ4v) is 6.68. The van der Waals surface area contributed by atoms with Crippen molar-refractivity contribution in [2.45, 2.75) is 80.1 Å². The minimum Gasteiger partial charge on any atom is -1.00 e. The van der Waals surface area contributed by atoms with Crippen molar-refractivity contribution >= 4 is 11.4 Å². The normalized spacial score (nSPS) is 13.6. The van der Waals surface area contributed by atoms with Gasteiger partial charge in [0.2, 0.25) is 0 Å². The van der Waals surface area contributed by atoms with E-state index in [4.69, 9.17) is 9.47 Å². The molecule has 0 N–H and O–H groups in total. The topological polar surface area (TPSA) is 24.9 Å². The molecule has 0 unspecified atom stereocenters. The summed E-state index contributed by atoms with van der Waals surface area (Å²) in [6.45, 7) is 19.8. The second-order valence-corrected chi connectivity index (χ2v) is 11.5. The number of halogens is 2. The number of nitrogens with zero attached hydrogens (tertiary/aromatic N) is 2. The number of hydrogen-bond donors (Lipinski definition) is 0. The molecule has 0 aromatic heterocycles. The Bertz CT molecular complexity index is 777. The number of rotatable bonds is 8. The molecule has 4 nitrogen and oxygen atoms in total. The van der Waals surface area contributed by atoms with Crippen LogP contribution in [0.2, 0.25) is 0 Å². The van der Waals surface area contributed by atoms with Crippen LogP contribution in [-0.2, 0) is 29.1 Å². The molecule has 0 amide bonds. The molecule has 2 fully saturated rings. The monoisotopic (exact) mass is 674 g/mol. The molecule has 2 aliphatic heterocycles. The van der Waals surface area contributed by atoms with Crippen LogP contribution in [0.4, 0.5) is 11.4 Å². The smallest absolute Gasteiger partial charge is 1.00 e. The van der Waals surface area contributed by atoms with Crippen LogP contribution in [0.3, 0.4) is 0 Å². The van der Waals surface area contributed by atoms with E-state index in [-0.39, 0.29) is 34.0 Å². The minimum atomic E-state index is -0.435. The summed E-state index contributed by atoms with van der Waals surface area (Å²) in [6, 6.07) is 13.4. The van der Waals surface area contributed by atoms with Gasteiger partial charge in [-0.05, 0) is 25.7 Å². The van der Waals surface area contributed by atoms with E-state index in [1.165, 1.54) is 72.2 Å². The molecular weight excluding hydrogens is 628 g/mol. The maximum absolute atomic E-state index is 4.94. The first kappa shape index (κ1) is 36.6. The Labute approximate surface area is 257 Å². The fraction of sp³-hybridized carbons (Fsp3) is 0.600. The summed E-state index contributed by atoms with van der Waals surface area (Å²) in [7, 11) is 0. The number of benzene rings is 2. The van der Waals surface area contributed by atoms with Crippen LogP contribution in [-0.4, -0.2) is 39.5 Å². The Hall–Kier alpha value is -0.366. The van der Waals surface area contributed by atoms with Gasteiger partial charge in [-0.15, -0.1) is 0 Å². The van der Waals surface area contributed by atoms with Gasteiger partial charge in [-0.25, -0.2) is 0 Å². The molecular formula is C30H48Br2N2O2Ti. The fourth-order valence-electron chi connectivity index (χ4n) is 4.12. The molecule has 7 heteroatoms. The van der Waals surface area contributed by atoms with Crippen molar-refractivity contribution in [3.8, 4) is 0 Å². The predicted octanol–water partition coefficient (Wildman–Crippen LogP) is 1.57. The first-order valence-corrected chi connectivity index (χ1v) is 15.0. The van der Waals surface area contributed by atoms with Gasteiger partial charge in [0.05, 0.1) is 0 Å². The third-order valence-electron chi connectivity index (χ3n) is 6.52. The van der Waals surface area contributed by atoms with E-state index in [0.717, 1.165) is 39.5 Å². The molecule has 0 saturated carbocycles. The van der Waals surface area contributed by atoms with E-state index in [2.05, 4.69) is 84.7 Å². The molecule has 37 heavy (non-hydrogen) atoms. The number of aryl methyl sites for hydroxylation is 2. The van der Waals surface area contributed by atoms with Crippen LogP contribution in [0.5, 0.6) is 0 Å². The molecule has 0 radical (unpaired) electrons. The van der Waals surface area contributed by atoms with Crippen molar-refractivity contribution in [3.63, 3.8) is 0 Å². The number of ether oxygens (including phenoxy) is 2. The van der Waals surface area contributed by atoms with Crippen molar-refractivity contribution in [3.05, 3.63) is 58.7 Å². The van der Waals surface area contributed by atoms with E-state index in [1.54, 1.807) is 0 Å².